The predicted octanol–water partition coefficient (Wildman–Crippen LogP) is 3.46. The normalized spacial score (nSPS) is 12.4. The number of aryl methyl sites for hydroxylation is 1. The second-order valence-corrected chi connectivity index (χ2v) is 5.12. The number of benzene rings is 1. The minimum absolute atomic E-state index is 0.185. The van der Waals surface area contributed by atoms with E-state index < -0.39 is 0 Å². The molecule has 0 saturated carbocycles. The van der Waals surface area contributed by atoms with Crippen molar-refractivity contribution in [2.75, 3.05) is 11.1 Å². The van der Waals surface area contributed by atoms with Gasteiger partial charge in [-0.25, -0.2) is 4.98 Å². The molecule has 3 nitrogen and oxygen atoms in total. The molecule has 0 aliphatic heterocycles. The molecule has 4 heteroatoms. The maximum absolute atomic E-state index is 5.90. The Morgan fingerprint density at radius 1 is 1.41 bits per heavy atom. The van der Waals surface area contributed by atoms with E-state index in [1.807, 2.05) is 30.5 Å². The summed E-state index contributed by atoms with van der Waals surface area (Å²) < 4.78 is 0. The third-order valence-electron chi connectivity index (χ3n) is 2.62. The first-order valence-corrected chi connectivity index (χ1v) is 6.58. The first-order chi connectivity index (χ1) is 8.20. The Bertz CT molecular complexity index is 493. The second-order valence-electron chi connectivity index (χ2n) is 3.97. The molecule has 3 N–H and O–H groups in total. The molecule has 0 aliphatic carbocycles. The largest absolute Gasteiger partial charge is 0.397 e. The summed E-state index contributed by atoms with van der Waals surface area (Å²) in [6.07, 6.45) is 2.99. The van der Waals surface area contributed by atoms with Crippen molar-refractivity contribution in [2.45, 2.75) is 26.3 Å². The highest BCUT2D eigenvalue weighted by molar-refractivity contribution is 7.11. The minimum atomic E-state index is 0.185. The Labute approximate surface area is 106 Å². The minimum Gasteiger partial charge on any atom is -0.397 e. The molecule has 0 aliphatic rings. The lowest BCUT2D eigenvalue weighted by atomic mass is 10.2. The summed E-state index contributed by atoms with van der Waals surface area (Å²) in [5.41, 5.74) is 7.63. The fraction of sp³-hybridized carbons (Fsp3) is 0.308. The van der Waals surface area contributed by atoms with Crippen LogP contribution in [0.4, 0.5) is 11.4 Å². The van der Waals surface area contributed by atoms with Crippen LogP contribution in [0.5, 0.6) is 0 Å². The van der Waals surface area contributed by atoms with Gasteiger partial charge in [0.05, 0.1) is 17.4 Å². The van der Waals surface area contributed by atoms with E-state index in [2.05, 4.69) is 24.1 Å². The van der Waals surface area contributed by atoms with Gasteiger partial charge in [0, 0.05) is 11.1 Å². The van der Waals surface area contributed by atoms with Crippen molar-refractivity contribution in [3.05, 3.63) is 40.3 Å². The highest BCUT2D eigenvalue weighted by Gasteiger charge is 2.10. The third kappa shape index (κ3) is 2.77. The molecule has 2 rings (SSSR count). The van der Waals surface area contributed by atoms with Crippen molar-refractivity contribution in [2.24, 2.45) is 0 Å². The van der Waals surface area contributed by atoms with Gasteiger partial charge < -0.3 is 11.1 Å². The van der Waals surface area contributed by atoms with E-state index in [1.54, 1.807) is 11.3 Å². The fourth-order valence-corrected chi connectivity index (χ4v) is 2.47. The number of nitrogen functional groups attached to an aromatic ring is 1. The monoisotopic (exact) mass is 247 g/mol. The second kappa shape index (κ2) is 5.19. The SMILES string of the molecule is CCc1cnc(C(C)Nc2ccccc2N)s1. The highest BCUT2D eigenvalue weighted by atomic mass is 32.1. The summed E-state index contributed by atoms with van der Waals surface area (Å²) in [6.45, 7) is 4.25. The Morgan fingerprint density at radius 3 is 2.82 bits per heavy atom. The number of nitrogens with one attached hydrogen (secondary N) is 1. The molecule has 0 spiro atoms. The lowest BCUT2D eigenvalue weighted by Crippen LogP contribution is -2.07. The van der Waals surface area contributed by atoms with Gasteiger partial charge in [-0.05, 0) is 25.5 Å². The van der Waals surface area contributed by atoms with E-state index in [4.69, 9.17) is 5.73 Å². The third-order valence-corrected chi connectivity index (χ3v) is 3.95. The molecule has 2 aromatic rings. The number of hydrogen-bond acceptors (Lipinski definition) is 4. The van der Waals surface area contributed by atoms with Gasteiger partial charge in [0.15, 0.2) is 0 Å². The summed E-state index contributed by atoms with van der Waals surface area (Å²) in [5.74, 6) is 0. The smallest absolute Gasteiger partial charge is 0.115 e. The predicted molar refractivity (Wildman–Crippen MR) is 74.4 cm³/mol. The van der Waals surface area contributed by atoms with Crippen molar-refractivity contribution in [3.8, 4) is 0 Å². The molecule has 1 aromatic carbocycles. The van der Waals surface area contributed by atoms with Crippen LogP contribution in [0.25, 0.3) is 0 Å². The molecular formula is C13H17N3S. The molecule has 90 valence electrons. The van der Waals surface area contributed by atoms with Crippen LogP contribution in [-0.4, -0.2) is 4.98 Å². The van der Waals surface area contributed by atoms with Gasteiger partial charge in [-0.2, -0.15) is 0 Å². The van der Waals surface area contributed by atoms with Gasteiger partial charge >= 0.3 is 0 Å². The van der Waals surface area contributed by atoms with Crippen molar-refractivity contribution >= 4 is 22.7 Å². The van der Waals surface area contributed by atoms with Gasteiger partial charge in [0.1, 0.15) is 5.01 Å². The van der Waals surface area contributed by atoms with Gasteiger partial charge in [-0.1, -0.05) is 19.1 Å². The lowest BCUT2D eigenvalue weighted by molar-refractivity contribution is 0.870. The van der Waals surface area contributed by atoms with Crippen molar-refractivity contribution in [1.29, 1.82) is 0 Å². The average Bonchev–Trinajstić information content (AvgIpc) is 2.81. The summed E-state index contributed by atoms with van der Waals surface area (Å²) in [5, 5.41) is 4.49. The van der Waals surface area contributed by atoms with Gasteiger partial charge in [-0.15, -0.1) is 11.3 Å². The molecule has 1 aromatic heterocycles. The summed E-state index contributed by atoms with van der Waals surface area (Å²) in [7, 11) is 0. The molecular weight excluding hydrogens is 230 g/mol. The lowest BCUT2D eigenvalue weighted by Gasteiger charge is -2.14. The molecule has 0 bridgehead atoms. The zero-order valence-corrected chi connectivity index (χ0v) is 10.9. The summed E-state index contributed by atoms with van der Waals surface area (Å²) in [4.78, 5) is 5.74. The zero-order chi connectivity index (χ0) is 12.3. The first kappa shape index (κ1) is 11.9. The highest BCUT2D eigenvalue weighted by Crippen LogP contribution is 2.26. The van der Waals surface area contributed by atoms with E-state index >= 15 is 0 Å². The number of anilines is 2. The van der Waals surface area contributed by atoms with Crippen molar-refractivity contribution in [3.63, 3.8) is 0 Å². The number of hydrogen-bond donors (Lipinski definition) is 2. The number of para-hydroxylation sites is 2. The van der Waals surface area contributed by atoms with Crippen LogP contribution in [0.2, 0.25) is 0 Å². The summed E-state index contributed by atoms with van der Waals surface area (Å²) in [6, 6.07) is 7.98. The molecule has 1 unspecified atom stereocenters. The maximum atomic E-state index is 5.90. The van der Waals surface area contributed by atoms with Gasteiger partial charge in [0.2, 0.25) is 0 Å². The Hall–Kier alpha value is -1.55. The van der Waals surface area contributed by atoms with E-state index in [-0.39, 0.29) is 6.04 Å². The molecule has 0 amide bonds. The first-order valence-electron chi connectivity index (χ1n) is 5.76. The van der Waals surface area contributed by atoms with Crippen molar-refractivity contribution in [1.82, 2.24) is 4.98 Å². The molecule has 1 heterocycles. The van der Waals surface area contributed by atoms with Crippen LogP contribution >= 0.6 is 11.3 Å². The Kier molecular flexibility index (Phi) is 3.64. The maximum Gasteiger partial charge on any atom is 0.115 e. The number of thiazole rings is 1. The van der Waals surface area contributed by atoms with E-state index in [0.717, 1.165) is 22.8 Å². The molecule has 0 fully saturated rings. The fourth-order valence-electron chi connectivity index (χ4n) is 1.61. The standard InChI is InChI=1S/C13H17N3S/c1-3-10-8-15-13(17-10)9(2)16-12-7-5-4-6-11(12)14/h4-9,16H,3,14H2,1-2H3. The van der Waals surface area contributed by atoms with Crippen molar-refractivity contribution < 1.29 is 0 Å². The quantitative estimate of drug-likeness (QED) is 0.813. The van der Waals surface area contributed by atoms with Crippen LogP contribution in [0, 0.1) is 0 Å². The number of nitrogens with two attached hydrogens (primary N) is 1. The van der Waals surface area contributed by atoms with Crippen LogP contribution in [0.3, 0.4) is 0 Å². The topological polar surface area (TPSA) is 50.9 Å². The number of rotatable bonds is 4. The molecule has 0 radical (unpaired) electrons. The van der Waals surface area contributed by atoms with E-state index in [0.29, 0.717) is 0 Å². The Morgan fingerprint density at radius 2 is 2.18 bits per heavy atom. The van der Waals surface area contributed by atoms with Crippen LogP contribution in [-0.2, 0) is 6.42 Å². The molecule has 17 heavy (non-hydrogen) atoms. The van der Waals surface area contributed by atoms with E-state index in [1.165, 1.54) is 4.88 Å². The van der Waals surface area contributed by atoms with Gasteiger partial charge in [0.25, 0.3) is 0 Å². The molecule has 0 saturated heterocycles. The van der Waals surface area contributed by atoms with Crippen LogP contribution in [0.1, 0.15) is 29.8 Å². The van der Waals surface area contributed by atoms with Crippen LogP contribution in [0.15, 0.2) is 30.5 Å². The number of nitrogens with zero attached hydrogens (tertiary/aromatic N) is 1. The molecule has 1 atom stereocenters. The van der Waals surface area contributed by atoms with Gasteiger partial charge in [-0.3, -0.25) is 0 Å². The summed E-state index contributed by atoms with van der Waals surface area (Å²) >= 11 is 1.75. The number of aromatic nitrogens is 1. The van der Waals surface area contributed by atoms with Crippen LogP contribution < -0.4 is 11.1 Å². The average molecular weight is 247 g/mol. The Balaban J connectivity index is 2.11. The zero-order valence-electron chi connectivity index (χ0n) is 10.1. The van der Waals surface area contributed by atoms with E-state index in [9.17, 15) is 0 Å².